The van der Waals surface area contributed by atoms with E-state index in [9.17, 15) is 0 Å². The van der Waals surface area contributed by atoms with Gasteiger partial charge in [-0.1, -0.05) is 13.8 Å². The van der Waals surface area contributed by atoms with Crippen LogP contribution in [0.15, 0.2) is 12.1 Å². The van der Waals surface area contributed by atoms with Gasteiger partial charge in [-0.2, -0.15) is 0 Å². The molecule has 4 atom stereocenters. The third-order valence-corrected chi connectivity index (χ3v) is 8.08. The number of hydrogen-bond acceptors (Lipinski definition) is 6. The van der Waals surface area contributed by atoms with Crippen molar-refractivity contribution in [2.75, 3.05) is 13.1 Å². The van der Waals surface area contributed by atoms with Gasteiger partial charge < -0.3 is 20.6 Å². The summed E-state index contributed by atoms with van der Waals surface area (Å²) in [5.41, 5.74) is 2.12. The van der Waals surface area contributed by atoms with Crippen molar-refractivity contribution in [1.82, 2.24) is 30.6 Å². The van der Waals surface area contributed by atoms with Crippen LogP contribution in [0.4, 0.5) is 0 Å². The Morgan fingerprint density at radius 2 is 1.14 bits per heavy atom. The SMILES string of the molecule is C[C@@H]1CN[C@H](c2nc3sc(C#CC#Cc4cc5[nH]c([C@@H]6C[C@H](C)CN6)nc5s4)cc3[nH]2)C1.Cl.Cl.Cl.Cl. The van der Waals surface area contributed by atoms with Gasteiger partial charge >= 0.3 is 0 Å². The molecule has 4 aromatic heterocycles. The topological polar surface area (TPSA) is 81.4 Å². The summed E-state index contributed by atoms with van der Waals surface area (Å²) in [4.78, 5) is 20.4. The number of nitrogens with one attached hydrogen (secondary N) is 4. The molecule has 4 N–H and O–H groups in total. The summed E-state index contributed by atoms with van der Waals surface area (Å²) in [7, 11) is 0. The summed E-state index contributed by atoms with van der Waals surface area (Å²) < 4.78 is 0. The Bertz CT molecular complexity index is 1260. The first-order valence-electron chi connectivity index (χ1n) is 11.1. The van der Waals surface area contributed by atoms with Crippen LogP contribution in [0, 0.1) is 35.5 Å². The number of aromatic amines is 2. The molecule has 6 rings (SSSR count). The Kier molecular flexibility index (Phi) is 11.0. The second kappa shape index (κ2) is 12.9. The Hall–Kier alpha value is -1.46. The van der Waals surface area contributed by atoms with Crippen molar-refractivity contribution < 1.29 is 0 Å². The Labute approximate surface area is 243 Å². The molecule has 0 spiro atoms. The molecule has 0 radical (unpaired) electrons. The van der Waals surface area contributed by atoms with Crippen LogP contribution in [0.1, 0.15) is 60.2 Å². The zero-order chi connectivity index (χ0) is 21.7. The first-order chi connectivity index (χ1) is 15.6. The molecular formula is C24H28Cl4N6S2. The fraction of sp³-hybridized carbons (Fsp3) is 0.417. The maximum Gasteiger partial charge on any atom is 0.143 e. The summed E-state index contributed by atoms with van der Waals surface area (Å²) in [6, 6.07) is 4.82. The summed E-state index contributed by atoms with van der Waals surface area (Å²) in [6.07, 6.45) is 2.27. The molecule has 12 heteroatoms. The molecular weight excluding hydrogens is 578 g/mol. The minimum Gasteiger partial charge on any atom is -0.340 e. The van der Waals surface area contributed by atoms with Crippen molar-refractivity contribution in [3.63, 3.8) is 0 Å². The molecule has 6 heterocycles. The summed E-state index contributed by atoms with van der Waals surface area (Å²) >= 11 is 3.23. The molecule has 0 bridgehead atoms. The minimum absolute atomic E-state index is 0. The zero-order valence-electron chi connectivity index (χ0n) is 19.6. The van der Waals surface area contributed by atoms with E-state index in [0.29, 0.717) is 23.9 Å². The number of aromatic nitrogens is 4. The standard InChI is InChI=1S/C24H24N6S2.4ClH/c1-13-7-17(25-11-13)21-27-19-9-15(31-23(19)29-21)5-3-4-6-16-10-20-24(32-16)30-22(28-20)18-8-14(2)12-26-18;;;;/h9-10,13-14,17-18,25-26H,7-8,11-12H2,1-2H3,(H,27,29)(H,28,30);4*1H/t13-,14-,17-,18-;;;;/m0..../s1. The Morgan fingerprint density at radius 1 is 0.722 bits per heavy atom. The van der Waals surface area contributed by atoms with Gasteiger partial charge in [0.2, 0.25) is 0 Å². The first kappa shape index (κ1) is 30.8. The fourth-order valence-electron chi connectivity index (χ4n) is 4.54. The van der Waals surface area contributed by atoms with Crippen molar-refractivity contribution in [3.05, 3.63) is 33.5 Å². The fourth-order valence-corrected chi connectivity index (χ4v) is 6.24. The lowest BCUT2D eigenvalue weighted by Crippen LogP contribution is -2.14. The number of H-pyrrole nitrogens is 2. The van der Waals surface area contributed by atoms with Gasteiger partial charge in [0.15, 0.2) is 0 Å². The highest BCUT2D eigenvalue weighted by Gasteiger charge is 2.26. The number of imidazole rings is 2. The monoisotopic (exact) mass is 604 g/mol. The molecule has 0 aromatic carbocycles. The molecule has 0 unspecified atom stereocenters. The lowest BCUT2D eigenvalue weighted by Gasteiger charge is -2.05. The van der Waals surface area contributed by atoms with Crippen molar-refractivity contribution in [2.24, 2.45) is 11.8 Å². The maximum absolute atomic E-state index is 4.77. The number of nitrogens with zero attached hydrogens (tertiary/aromatic N) is 2. The van der Waals surface area contributed by atoms with E-state index < -0.39 is 0 Å². The maximum atomic E-state index is 4.77. The molecule has 0 aliphatic carbocycles. The van der Waals surface area contributed by atoms with E-state index in [0.717, 1.165) is 68.0 Å². The van der Waals surface area contributed by atoms with Crippen molar-refractivity contribution in [1.29, 1.82) is 0 Å². The van der Waals surface area contributed by atoms with Gasteiger partial charge in [0.05, 0.1) is 32.9 Å². The van der Waals surface area contributed by atoms with Gasteiger partial charge in [-0.3, -0.25) is 0 Å². The van der Waals surface area contributed by atoms with Gasteiger partial charge in [0.1, 0.15) is 21.3 Å². The Balaban J connectivity index is 0.00000114. The quantitative estimate of drug-likeness (QED) is 0.211. The van der Waals surface area contributed by atoms with E-state index in [1.165, 1.54) is 0 Å². The van der Waals surface area contributed by atoms with Crippen LogP contribution in [-0.4, -0.2) is 33.0 Å². The molecule has 2 aliphatic heterocycles. The largest absolute Gasteiger partial charge is 0.340 e. The van der Waals surface area contributed by atoms with Crippen LogP contribution in [0.25, 0.3) is 20.7 Å². The number of halogens is 4. The number of fused-ring (bicyclic) bond motifs is 2. The van der Waals surface area contributed by atoms with Crippen LogP contribution >= 0.6 is 72.3 Å². The average molecular weight is 606 g/mol. The van der Waals surface area contributed by atoms with Crippen LogP contribution in [0.5, 0.6) is 0 Å². The highest BCUT2D eigenvalue weighted by atomic mass is 35.5. The van der Waals surface area contributed by atoms with Crippen molar-refractivity contribution in [2.45, 2.75) is 38.8 Å². The van der Waals surface area contributed by atoms with Gasteiger partial charge in [0, 0.05) is 0 Å². The molecule has 194 valence electrons. The van der Waals surface area contributed by atoms with Crippen molar-refractivity contribution in [3.8, 4) is 23.7 Å². The van der Waals surface area contributed by atoms with Crippen LogP contribution < -0.4 is 10.6 Å². The molecule has 2 aliphatic rings. The smallest absolute Gasteiger partial charge is 0.143 e. The van der Waals surface area contributed by atoms with Gasteiger partial charge in [0.25, 0.3) is 0 Å². The molecule has 0 amide bonds. The summed E-state index contributed by atoms with van der Waals surface area (Å²) in [5, 5.41) is 7.06. The molecule has 6 nitrogen and oxygen atoms in total. The summed E-state index contributed by atoms with van der Waals surface area (Å²) in [6.45, 7) is 6.66. The molecule has 2 fully saturated rings. The normalized spacial score (nSPS) is 22.4. The second-order valence-electron chi connectivity index (χ2n) is 9.01. The molecule has 36 heavy (non-hydrogen) atoms. The van der Waals surface area contributed by atoms with Gasteiger partial charge in [-0.25, -0.2) is 9.97 Å². The lowest BCUT2D eigenvalue weighted by atomic mass is 10.1. The second-order valence-corrected chi connectivity index (χ2v) is 11.1. The number of hydrogen-bond donors (Lipinski definition) is 4. The highest BCUT2D eigenvalue weighted by Crippen LogP contribution is 2.31. The third-order valence-electron chi connectivity index (χ3n) is 6.19. The Morgan fingerprint density at radius 3 is 1.47 bits per heavy atom. The number of thiophene rings is 2. The third kappa shape index (κ3) is 6.32. The van der Waals surface area contributed by atoms with E-state index in [1.54, 1.807) is 22.7 Å². The zero-order valence-corrected chi connectivity index (χ0v) is 24.5. The van der Waals surface area contributed by atoms with Crippen LogP contribution in [0.2, 0.25) is 0 Å². The van der Waals surface area contributed by atoms with E-state index in [-0.39, 0.29) is 49.6 Å². The minimum atomic E-state index is 0. The predicted molar refractivity (Wildman–Crippen MR) is 160 cm³/mol. The van der Waals surface area contributed by atoms with E-state index in [2.05, 4.69) is 70.3 Å². The predicted octanol–water partition coefficient (Wildman–Crippen LogP) is 5.99. The van der Waals surface area contributed by atoms with E-state index >= 15 is 0 Å². The van der Waals surface area contributed by atoms with E-state index in [1.807, 2.05) is 0 Å². The molecule has 4 aromatic rings. The van der Waals surface area contributed by atoms with Crippen LogP contribution in [-0.2, 0) is 0 Å². The van der Waals surface area contributed by atoms with E-state index in [4.69, 9.17) is 9.97 Å². The highest BCUT2D eigenvalue weighted by molar-refractivity contribution is 7.19. The van der Waals surface area contributed by atoms with Crippen molar-refractivity contribution >= 4 is 93.0 Å². The van der Waals surface area contributed by atoms with Gasteiger partial charge in [-0.05, 0) is 73.6 Å². The molecule has 2 saturated heterocycles. The van der Waals surface area contributed by atoms with Gasteiger partial charge in [-0.15, -0.1) is 72.3 Å². The summed E-state index contributed by atoms with van der Waals surface area (Å²) in [5.74, 6) is 15.8. The lowest BCUT2D eigenvalue weighted by molar-refractivity contribution is 0.589. The number of rotatable bonds is 2. The average Bonchev–Trinajstić information content (AvgIpc) is 3.54. The molecule has 0 saturated carbocycles. The van der Waals surface area contributed by atoms with Crippen LogP contribution in [0.3, 0.4) is 0 Å². The first-order valence-corrected chi connectivity index (χ1v) is 12.7.